The molecule has 1 amide bonds. The highest BCUT2D eigenvalue weighted by Gasteiger charge is 2.38. The number of amides is 1. The quantitative estimate of drug-likeness (QED) is 0.902. The predicted molar refractivity (Wildman–Crippen MR) is 76.6 cm³/mol. The molecule has 0 aromatic heterocycles. The fraction of sp³-hybridized carbons (Fsp3) is 0.417. The van der Waals surface area contributed by atoms with Gasteiger partial charge in [-0.25, -0.2) is 13.6 Å². The highest BCUT2D eigenvalue weighted by Crippen LogP contribution is 2.36. The number of carbonyl (C=O) groups excluding carboxylic acids is 1. The number of carbonyl (C=O) groups is 1. The number of benzene rings is 1. The van der Waals surface area contributed by atoms with E-state index in [2.05, 4.69) is 0 Å². The lowest BCUT2D eigenvalue weighted by Gasteiger charge is -2.20. The van der Waals surface area contributed by atoms with Crippen molar-refractivity contribution in [3.63, 3.8) is 0 Å². The maximum Gasteiger partial charge on any atom is 0.228 e. The van der Waals surface area contributed by atoms with Gasteiger partial charge in [0.15, 0.2) is 0 Å². The summed E-state index contributed by atoms with van der Waals surface area (Å²) in [5.41, 5.74) is 1.26. The zero-order valence-corrected chi connectivity index (χ0v) is 12.7. The minimum absolute atomic E-state index is 0.00736. The fourth-order valence-corrected chi connectivity index (χ4v) is 3.04. The van der Waals surface area contributed by atoms with E-state index in [4.69, 9.17) is 21.5 Å². The van der Waals surface area contributed by atoms with Gasteiger partial charge in [0.05, 0.1) is 12.8 Å². The van der Waals surface area contributed by atoms with Crippen molar-refractivity contribution >= 4 is 33.2 Å². The summed E-state index contributed by atoms with van der Waals surface area (Å²) in [7, 11) is -2.27. The first-order valence-corrected chi connectivity index (χ1v) is 7.89. The van der Waals surface area contributed by atoms with E-state index >= 15 is 0 Å². The summed E-state index contributed by atoms with van der Waals surface area (Å²) in [5, 5.41) is 4.68. The third kappa shape index (κ3) is 2.74. The number of ether oxygens (including phenoxy) is 1. The Morgan fingerprint density at radius 3 is 2.60 bits per heavy atom. The molecule has 1 aromatic carbocycles. The van der Waals surface area contributed by atoms with E-state index < -0.39 is 15.3 Å². The molecule has 0 radical (unpaired) electrons. The van der Waals surface area contributed by atoms with Crippen molar-refractivity contribution in [3.05, 3.63) is 22.7 Å². The first kappa shape index (κ1) is 15.1. The molecule has 110 valence electrons. The normalized spacial score (nSPS) is 19.5. The molecule has 1 saturated heterocycles. The smallest absolute Gasteiger partial charge is 0.228 e. The number of rotatable bonds is 3. The van der Waals surface area contributed by atoms with Crippen molar-refractivity contribution in [2.45, 2.75) is 18.6 Å². The standard InChI is InChI=1S/C12H15ClN2O4S/c1-7-3-11(19-2)10(5-9(7)13)15-6-8(4-12(15)16)20(14,17)18/h3,5,8H,4,6H2,1-2H3,(H2,14,17,18). The molecule has 6 nitrogen and oxygen atoms in total. The average Bonchev–Trinajstić information content (AvgIpc) is 2.74. The number of aryl methyl sites for hydroxylation is 1. The maximum absolute atomic E-state index is 12.0. The van der Waals surface area contributed by atoms with Crippen LogP contribution in [0.25, 0.3) is 0 Å². The van der Waals surface area contributed by atoms with E-state index in [-0.39, 0.29) is 18.9 Å². The van der Waals surface area contributed by atoms with Crippen LogP contribution >= 0.6 is 11.6 Å². The van der Waals surface area contributed by atoms with E-state index in [9.17, 15) is 13.2 Å². The van der Waals surface area contributed by atoms with Gasteiger partial charge in [-0.15, -0.1) is 0 Å². The Hall–Kier alpha value is -1.31. The number of methoxy groups -OCH3 is 1. The van der Waals surface area contributed by atoms with E-state index in [1.807, 2.05) is 6.92 Å². The first-order valence-electron chi connectivity index (χ1n) is 5.90. The van der Waals surface area contributed by atoms with Crippen molar-refractivity contribution in [1.29, 1.82) is 0 Å². The van der Waals surface area contributed by atoms with Crippen LogP contribution in [0.3, 0.4) is 0 Å². The first-order chi connectivity index (χ1) is 9.24. The van der Waals surface area contributed by atoms with Crippen LogP contribution in [0.2, 0.25) is 5.02 Å². The minimum Gasteiger partial charge on any atom is -0.495 e. The number of hydrogen-bond acceptors (Lipinski definition) is 4. The van der Waals surface area contributed by atoms with Gasteiger partial charge in [-0.2, -0.15) is 0 Å². The Morgan fingerprint density at radius 2 is 2.10 bits per heavy atom. The van der Waals surface area contributed by atoms with Crippen LogP contribution in [0.15, 0.2) is 12.1 Å². The monoisotopic (exact) mass is 318 g/mol. The third-order valence-corrected chi connectivity index (χ3v) is 4.96. The summed E-state index contributed by atoms with van der Waals surface area (Å²) < 4.78 is 28.0. The number of nitrogens with zero attached hydrogens (tertiary/aromatic N) is 1. The molecule has 0 saturated carbocycles. The van der Waals surface area contributed by atoms with Gasteiger partial charge in [0, 0.05) is 18.0 Å². The molecule has 2 N–H and O–H groups in total. The van der Waals surface area contributed by atoms with Crippen molar-refractivity contribution in [1.82, 2.24) is 0 Å². The van der Waals surface area contributed by atoms with Gasteiger partial charge in [0.25, 0.3) is 0 Å². The van der Waals surface area contributed by atoms with Gasteiger partial charge in [-0.1, -0.05) is 11.6 Å². The zero-order chi connectivity index (χ0) is 15.1. The van der Waals surface area contributed by atoms with Crippen LogP contribution in [0, 0.1) is 6.92 Å². The molecule has 1 aliphatic heterocycles. The lowest BCUT2D eigenvalue weighted by Crippen LogP contribution is -2.32. The Morgan fingerprint density at radius 1 is 1.45 bits per heavy atom. The Kier molecular flexibility index (Phi) is 3.95. The van der Waals surface area contributed by atoms with E-state index in [0.717, 1.165) is 5.56 Å². The highest BCUT2D eigenvalue weighted by molar-refractivity contribution is 7.89. The Bertz CT molecular complexity index is 660. The molecule has 2 rings (SSSR count). The van der Waals surface area contributed by atoms with E-state index in [0.29, 0.717) is 16.5 Å². The minimum atomic E-state index is -3.75. The number of hydrogen-bond donors (Lipinski definition) is 1. The Labute approximate surface area is 122 Å². The Balaban J connectivity index is 2.42. The van der Waals surface area contributed by atoms with Crippen LogP contribution < -0.4 is 14.8 Å². The molecule has 1 fully saturated rings. The summed E-state index contributed by atoms with van der Waals surface area (Å²) in [6.45, 7) is 1.82. The second-order valence-electron chi connectivity index (χ2n) is 4.69. The van der Waals surface area contributed by atoms with Gasteiger partial charge < -0.3 is 9.64 Å². The molecule has 0 spiro atoms. The fourth-order valence-electron chi connectivity index (χ4n) is 2.15. The molecule has 1 heterocycles. The number of primary sulfonamides is 1. The molecule has 0 bridgehead atoms. The number of nitrogens with two attached hydrogens (primary N) is 1. The predicted octanol–water partition coefficient (Wildman–Crippen LogP) is 1.05. The SMILES string of the molecule is COc1cc(C)c(Cl)cc1N1CC(S(N)(=O)=O)CC1=O. The van der Waals surface area contributed by atoms with E-state index in [1.165, 1.54) is 12.0 Å². The zero-order valence-electron chi connectivity index (χ0n) is 11.1. The average molecular weight is 319 g/mol. The van der Waals surface area contributed by atoms with Crippen molar-refractivity contribution < 1.29 is 17.9 Å². The summed E-state index contributed by atoms with van der Waals surface area (Å²) in [4.78, 5) is 13.3. The van der Waals surface area contributed by atoms with Gasteiger partial charge in [0.2, 0.25) is 15.9 Å². The number of anilines is 1. The maximum atomic E-state index is 12.0. The molecular formula is C12H15ClN2O4S. The molecule has 8 heteroatoms. The van der Waals surface area contributed by atoms with Gasteiger partial charge in [0.1, 0.15) is 11.0 Å². The van der Waals surface area contributed by atoms with Crippen LogP contribution in [-0.2, 0) is 14.8 Å². The molecule has 1 atom stereocenters. The lowest BCUT2D eigenvalue weighted by atomic mass is 10.2. The summed E-state index contributed by atoms with van der Waals surface area (Å²) >= 11 is 6.06. The van der Waals surface area contributed by atoms with Crippen LogP contribution in [0.1, 0.15) is 12.0 Å². The molecular weight excluding hydrogens is 304 g/mol. The third-order valence-electron chi connectivity index (χ3n) is 3.31. The number of halogens is 1. The largest absolute Gasteiger partial charge is 0.495 e. The van der Waals surface area contributed by atoms with Gasteiger partial charge >= 0.3 is 0 Å². The molecule has 1 aromatic rings. The second kappa shape index (κ2) is 5.23. The second-order valence-corrected chi connectivity index (χ2v) is 6.94. The van der Waals surface area contributed by atoms with Crippen LogP contribution in [0.5, 0.6) is 5.75 Å². The molecule has 1 aliphatic rings. The number of sulfonamides is 1. The highest BCUT2D eigenvalue weighted by atomic mass is 35.5. The van der Waals surface area contributed by atoms with Crippen molar-refractivity contribution in [2.75, 3.05) is 18.6 Å². The van der Waals surface area contributed by atoms with Crippen LogP contribution in [0.4, 0.5) is 5.69 Å². The van der Waals surface area contributed by atoms with Crippen LogP contribution in [-0.4, -0.2) is 33.2 Å². The van der Waals surface area contributed by atoms with Crippen molar-refractivity contribution in [3.8, 4) is 5.75 Å². The van der Waals surface area contributed by atoms with Gasteiger partial charge in [-0.05, 0) is 24.6 Å². The molecule has 1 unspecified atom stereocenters. The summed E-state index contributed by atoms with van der Waals surface area (Å²) in [5.74, 6) is 0.151. The summed E-state index contributed by atoms with van der Waals surface area (Å²) in [6.07, 6.45) is -0.131. The van der Waals surface area contributed by atoms with Crippen molar-refractivity contribution in [2.24, 2.45) is 5.14 Å². The molecule has 20 heavy (non-hydrogen) atoms. The lowest BCUT2D eigenvalue weighted by molar-refractivity contribution is -0.117. The van der Waals surface area contributed by atoms with Gasteiger partial charge in [-0.3, -0.25) is 4.79 Å². The topological polar surface area (TPSA) is 89.7 Å². The van der Waals surface area contributed by atoms with E-state index in [1.54, 1.807) is 12.1 Å². The molecule has 0 aliphatic carbocycles. The summed E-state index contributed by atoms with van der Waals surface area (Å²) in [6, 6.07) is 3.30.